The minimum Gasteiger partial charge on any atom is -0.503 e. The van der Waals surface area contributed by atoms with Crippen LogP contribution in [0.15, 0.2) is 21.7 Å². The zero-order chi connectivity index (χ0) is 45.8. The van der Waals surface area contributed by atoms with Gasteiger partial charge in [-0.1, -0.05) is 17.9 Å². The Morgan fingerprint density at radius 1 is 0.600 bits per heavy atom. The molecule has 0 saturated heterocycles. The van der Waals surface area contributed by atoms with E-state index in [0.29, 0.717) is 42.6 Å². The van der Waals surface area contributed by atoms with E-state index in [-0.39, 0.29) is 28.8 Å². The molecule has 12 nitrogen and oxygen atoms in total. The number of pyridine rings is 2. The molecule has 336 valence electrons. The number of aromatic hydroxyl groups is 1. The number of nitrogen functional groups attached to an aromatic ring is 1. The number of rotatable bonds is 16. The van der Waals surface area contributed by atoms with Crippen LogP contribution in [0, 0.1) is 0 Å². The molecule has 4 rings (SSSR count). The number of nitrogens with zero attached hydrogens (tertiary/aromatic N) is 2. The number of ketones is 2. The largest absolute Gasteiger partial charge is 0.503 e. The van der Waals surface area contributed by atoms with Gasteiger partial charge in [-0.25, -0.2) is 9.59 Å². The second-order valence-electron chi connectivity index (χ2n) is 12.2. The van der Waals surface area contributed by atoms with Crippen molar-refractivity contribution in [2.24, 2.45) is 0 Å². The molecule has 2 aliphatic rings. The van der Waals surface area contributed by atoms with E-state index in [2.05, 4.69) is 125 Å². The molecule has 0 amide bonds. The molecule has 3 N–H and O–H groups in total. The van der Waals surface area contributed by atoms with Gasteiger partial charge in [-0.15, -0.1) is 107 Å². The third kappa shape index (κ3) is 16.0. The lowest BCUT2D eigenvalue weighted by Crippen LogP contribution is -2.31. The number of aromatic nitrogens is 2. The van der Waals surface area contributed by atoms with Crippen LogP contribution in [0.3, 0.4) is 0 Å². The van der Waals surface area contributed by atoms with Crippen molar-refractivity contribution in [1.29, 1.82) is 0 Å². The summed E-state index contributed by atoms with van der Waals surface area (Å²) in [6, 6.07) is 1.10. The number of Topliss-reactive ketones (excluding diaryl/α,β-unsaturated/α-hetero) is 2. The molecule has 20 unspecified atom stereocenters. The van der Waals surface area contributed by atoms with Gasteiger partial charge in [0.1, 0.15) is 12.1 Å². The Morgan fingerprint density at radius 2 is 0.933 bits per heavy atom. The van der Waals surface area contributed by atoms with Crippen molar-refractivity contribution in [2.45, 2.75) is 51.6 Å². The lowest BCUT2D eigenvalue weighted by Gasteiger charge is -2.36. The Kier molecular flexibility index (Phi) is 29.0. The molecule has 0 radical (unpaired) electrons. The first-order valence-corrected chi connectivity index (χ1v) is 61.9. The highest BCUT2D eigenvalue weighted by Crippen LogP contribution is 3.18. The first-order chi connectivity index (χ1) is 27.8. The quantitative estimate of drug-likeness (QED) is 0.121. The van der Waals surface area contributed by atoms with Crippen molar-refractivity contribution in [2.75, 3.05) is 5.73 Å². The molecule has 2 aromatic rings. The summed E-state index contributed by atoms with van der Waals surface area (Å²) < 4.78 is 15.1. The van der Waals surface area contributed by atoms with E-state index in [4.69, 9.17) is 14.8 Å². The minimum absolute atomic E-state index is 0.0169. The summed E-state index contributed by atoms with van der Waals surface area (Å²) in [6.45, 7) is -2.02. The molecule has 2 aliphatic heterocycles. The maximum absolute atomic E-state index is 13.3. The monoisotopic (exact) mass is 1300 g/mol. The van der Waals surface area contributed by atoms with Crippen molar-refractivity contribution >= 4 is 239 Å². The molecule has 0 aliphatic carbocycles. The van der Waals surface area contributed by atoms with Crippen molar-refractivity contribution in [3.05, 3.63) is 55.4 Å². The number of hydrogen-bond acceptors (Lipinski definition) is 10. The molecule has 0 bridgehead atoms. The number of anilines is 1. The maximum Gasteiger partial charge on any atom is 0.332 e. The smallest absolute Gasteiger partial charge is 0.332 e. The highest BCUT2D eigenvalue weighted by atomic mass is 33.2. The van der Waals surface area contributed by atoms with Gasteiger partial charge < -0.3 is 19.9 Å². The summed E-state index contributed by atoms with van der Waals surface area (Å²) in [5, 5.41) is 10.1. The number of fused-ring (bicyclic) bond motifs is 2. The summed E-state index contributed by atoms with van der Waals surface area (Å²) in [5.41, 5.74) is 6.57. The first-order valence-electron chi connectivity index (χ1n) is 16.3. The van der Waals surface area contributed by atoms with Gasteiger partial charge in [-0.3, -0.25) is 28.3 Å². The number of carbonyl (C=O) groups is 4. The lowest BCUT2D eigenvalue weighted by atomic mass is 10.1. The van der Waals surface area contributed by atoms with Crippen LogP contribution in [0.25, 0.3) is 0 Å². The molecule has 0 fully saturated rings. The molecular formula is C22H49N3O9P26. The third-order valence-electron chi connectivity index (χ3n) is 8.22. The molecular weight excluding hydrogens is 1260 g/mol. The van der Waals surface area contributed by atoms with Gasteiger partial charge in [0.2, 0.25) is 0 Å². The van der Waals surface area contributed by atoms with Crippen LogP contribution < -0.4 is 16.9 Å². The zero-order valence-electron chi connectivity index (χ0n) is 31.8. The molecule has 60 heavy (non-hydrogen) atoms. The van der Waals surface area contributed by atoms with E-state index in [9.17, 15) is 33.9 Å². The van der Waals surface area contributed by atoms with E-state index in [1.807, 2.05) is 0 Å². The number of hydrogen-bond donors (Lipinski definition) is 2. The van der Waals surface area contributed by atoms with Gasteiger partial charge in [0, 0.05) is 50.5 Å². The average Bonchev–Trinajstić information content (AvgIpc) is 3.79. The van der Waals surface area contributed by atoms with Crippen LogP contribution in [0.2, 0.25) is 0 Å². The van der Waals surface area contributed by atoms with Gasteiger partial charge in [0.25, 0.3) is 11.1 Å². The number of nitrogens with two attached hydrogens (primary N) is 1. The van der Waals surface area contributed by atoms with Crippen LogP contribution in [-0.4, -0.2) is 37.7 Å². The summed E-state index contributed by atoms with van der Waals surface area (Å²) >= 11 is 0. The molecule has 4 heterocycles. The summed E-state index contributed by atoms with van der Waals surface area (Å²) in [4.78, 5) is 76.0. The van der Waals surface area contributed by atoms with Crippen molar-refractivity contribution in [3.8, 4) is 5.75 Å². The third-order valence-corrected chi connectivity index (χ3v) is 149. The lowest BCUT2D eigenvalue weighted by molar-refractivity contribution is -0.137. The Bertz CT molecular complexity index is 1880. The topological polar surface area (TPSA) is 177 Å². The zero-order valence-corrected chi connectivity index (χ0v) is 58.7. The van der Waals surface area contributed by atoms with E-state index in [1.165, 1.54) is 35.1 Å². The van der Waals surface area contributed by atoms with Crippen LogP contribution >= 0.6 is 210 Å². The Labute approximate surface area is 396 Å². The van der Waals surface area contributed by atoms with Gasteiger partial charge in [-0.05, 0) is 93.6 Å². The maximum atomic E-state index is 13.3. The van der Waals surface area contributed by atoms with Crippen LogP contribution in [0.1, 0.15) is 70.9 Å². The summed E-state index contributed by atoms with van der Waals surface area (Å²) in [7, 11) is 38.4. The van der Waals surface area contributed by atoms with E-state index < -0.39 is 120 Å². The normalized spacial score (nSPS) is 18.2. The van der Waals surface area contributed by atoms with E-state index >= 15 is 0 Å². The molecule has 38 heteroatoms. The van der Waals surface area contributed by atoms with Gasteiger partial charge in [0.15, 0.2) is 32.4 Å². The van der Waals surface area contributed by atoms with E-state index in [0.717, 1.165) is 0 Å². The Morgan fingerprint density at radius 3 is 1.25 bits per heavy atom. The van der Waals surface area contributed by atoms with Crippen molar-refractivity contribution < 1.29 is 33.3 Å². The second kappa shape index (κ2) is 28.4. The van der Waals surface area contributed by atoms with E-state index in [1.54, 1.807) is 0 Å². The molecule has 2 aromatic heterocycles. The molecule has 0 spiro atoms. The average molecular weight is 1300 g/mol. The predicted octanol–water partition coefficient (Wildman–Crippen LogP) is 15.3. The van der Waals surface area contributed by atoms with Gasteiger partial charge in [-0.2, -0.15) is 0 Å². The fourth-order valence-electron chi connectivity index (χ4n) is 5.75. The Hall–Kier alpha value is 6.96. The fourth-order valence-corrected chi connectivity index (χ4v) is 196. The fraction of sp³-hybridized carbons (Fsp3) is 0.364. The second-order valence-corrected chi connectivity index (χ2v) is 110. The number of carbonyl (C=O) groups excluding carboxylic acids is 4. The predicted molar refractivity (Wildman–Crippen MR) is 333 cm³/mol. The van der Waals surface area contributed by atoms with Crippen molar-refractivity contribution in [3.63, 3.8) is 0 Å². The molecule has 0 aromatic carbocycles. The van der Waals surface area contributed by atoms with Crippen LogP contribution in [0.5, 0.6) is 5.75 Å². The van der Waals surface area contributed by atoms with Gasteiger partial charge in [0.05, 0.1) is 5.69 Å². The molecule has 20 atom stereocenters. The van der Waals surface area contributed by atoms with Crippen molar-refractivity contribution in [1.82, 2.24) is 9.13 Å². The minimum atomic E-state index is -1.03. The summed E-state index contributed by atoms with van der Waals surface area (Å²) in [6.07, 6.45) is 1.73. The Balaban J connectivity index is 0.000000320. The highest BCUT2D eigenvalue weighted by molar-refractivity contribution is 9.20. The standard InChI is InChI=1S/C11H25N2O4P13.C11H24NO5P13/c1-5(14)6-4-7(12)10(15)13-8(6)2-3-9(13)11(16)17-25(29(24)26(18)19)30(27(20)21)28(22)23;1-5(13)6-4-9(14)10(15)12-7(6)2-3-8(12)11(16)17-25(29(24)26(18)19)30(27(20)21)28(22)23/h4,9H,2-3,12,18-24H2,1H3;4,8,14H,2-3,18-24H2,1H3. The van der Waals surface area contributed by atoms with Crippen LogP contribution in [0.4, 0.5) is 5.69 Å². The highest BCUT2D eigenvalue weighted by Gasteiger charge is 2.43. The first kappa shape index (κ1) is 61.3. The molecule has 0 saturated carbocycles. The van der Waals surface area contributed by atoms with Crippen LogP contribution in [-0.2, 0) is 31.5 Å². The summed E-state index contributed by atoms with van der Waals surface area (Å²) in [5.74, 6) is -1.74. The van der Waals surface area contributed by atoms with Gasteiger partial charge >= 0.3 is 11.9 Å². The SMILES string of the molecule is CC(=O)c1cc(N)c(=O)n2c1CCC2C(=O)OP(P(P)P(P)P)P(P(P)P)P(P)P.CC(=O)c1cc(O)c(=O)n2c1CCC2C(=O)OP(P(P)P(P)P)P(P(P)P)P(P)P.